The van der Waals surface area contributed by atoms with Gasteiger partial charge < -0.3 is 24.3 Å². The summed E-state index contributed by atoms with van der Waals surface area (Å²) < 4.78 is 20.8. The molecule has 2 rings (SSSR count). The number of hydrogen-bond acceptors (Lipinski definition) is 8. The molecule has 1 aliphatic rings. The highest BCUT2D eigenvalue weighted by Gasteiger charge is 2.32. The van der Waals surface area contributed by atoms with Crippen LogP contribution in [0.2, 0.25) is 0 Å². The first-order valence-corrected chi connectivity index (χ1v) is 11.6. The van der Waals surface area contributed by atoms with E-state index in [-0.39, 0.29) is 11.8 Å². The van der Waals surface area contributed by atoms with Crippen molar-refractivity contribution in [3.05, 3.63) is 53.5 Å². The average molecular weight is 461 g/mol. The van der Waals surface area contributed by atoms with Gasteiger partial charge in [-0.2, -0.15) is 0 Å². The first-order chi connectivity index (χ1) is 16.0. The Balaban J connectivity index is 1.98. The van der Waals surface area contributed by atoms with Crippen LogP contribution in [0, 0.1) is 0 Å². The van der Waals surface area contributed by atoms with E-state index in [0.717, 1.165) is 19.3 Å². The van der Waals surface area contributed by atoms with Gasteiger partial charge in [0.2, 0.25) is 11.8 Å². The lowest BCUT2D eigenvalue weighted by Gasteiger charge is -2.33. The van der Waals surface area contributed by atoms with Crippen molar-refractivity contribution < 1.29 is 28.5 Å². The van der Waals surface area contributed by atoms with E-state index >= 15 is 0 Å². The zero-order valence-corrected chi connectivity index (χ0v) is 20.1. The van der Waals surface area contributed by atoms with Gasteiger partial charge in [-0.25, -0.2) is 14.5 Å². The topological polar surface area (TPSA) is 86.3 Å². The molecule has 1 heterocycles. The molecule has 0 aromatic heterocycles. The second-order valence-electron chi connectivity index (χ2n) is 7.89. The lowest BCUT2D eigenvalue weighted by atomic mass is 10.1. The summed E-state index contributed by atoms with van der Waals surface area (Å²) in [5.74, 6) is 0.302. The minimum absolute atomic E-state index is 0.143. The predicted molar refractivity (Wildman–Crippen MR) is 126 cm³/mol. The fourth-order valence-electron chi connectivity index (χ4n) is 3.49. The Morgan fingerprint density at radius 3 is 1.94 bits per heavy atom. The number of para-hydroxylation sites is 1. The summed E-state index contributed by atoms with van der Waals surface area (Å²) in [7, 11) is 1.22. The molecule has 0 saturated heterocycles. The fraction of sp³-hybridized carbons (Fsp3) is 0.520. The molecule has 0 fully saturated rings. The maximum absolute atomic E-state index is 12.4. The summed E-state index contributed by atoms with van der Waals surface area (Å²) in [6, 6.07) is 9.13. The van der Waals surface area contributed by atoms with Gasteiger partial charge in [0.05, 0.1) is 30.8 Å². The zero-order valence-electron chi connectivity index (χ0n) is 20.1. The van der Waals surface area contributed by atoms with Crippen LogP contribution in [0.4, 0.5) is 15.3 Å². The van der Waals surface area contributed by atoms with Gasteiger partial charge in [0.1, 0.15) is 0 Å². The Morgan fingerprint density at radius 1 is 0.818 bits per heavy atom. The van der Waals surface area contributed by atoms with E-state index < -0.39 is 12.3 Å². The van der Waals surface area contributed by atoms with Crippen molar-refractivity contribution in [2.24, 2.45) is 0 Å². The Bertz CT molecular complexity index is 835. The maximum atomic E-state index is 12.4. The first kappa shape index (κ1) is 26.1. The predicted octanol–water partition coefficient (Wildman–Crippen LogP) is 6.55. The van der Waals surface area contributed by atoms with E-state index in [1.165, 1.54) is 44.1 Å². The number of anilines is 1. The molecule has 0 unspecified atom stereocenters. The van der Waals surface area contributed by atoms with Gasteiger partial charge in [0.15, 0.2) is 0 Å². The summed E-state index contributed by atoms with van der Waals surface area (Å²) in [5, 5.41) is 3.07. The van der Waals surface area contributed by atoms with Crippen LogP contribution in [-0.4, -0.2) is 26.0 Å². The molecule has 8 heteroatoms. The summed E-state index contributed by atoms with van der Waals surface area (Å²) in [6.07, 6.45) is 7.53. The number of allylic oxidation sites excluding steroid dienone is 2. The quantitative estimate of drug-likeness (QED) is 0.277. The fourth-order valence-corrected chi connectivity index (χ4v) is 3.49. The minimum Gasteiger partial charge on any atom is -0.437 e. The number of benzene rings is 1. The molecule has 1 aliphatic heterocycles. The van der Waals surface area contributed by atoms with Crippen LogP contribution in [0.1, 0.15) is 72.1 Å². The van der Waals surface area contributed by atoms with Gasteiger partial charge in [-0.3, -0.25) is 0 Å². The van der Waals surface area contributed by atoms with Crippen LogP contribution in [0.15, 0.2) is 53.5 Å². The van der Waals surface area contributed by atoms with Crippen molar-refractivity contribution in [1.82, 2.24) is 5.32 Å². The number of ether oxygens (including phenoxy) is 4. The molecule has 0 amide bonds. The van der Waals surface area contributed by atoms with Crippen LogP contribution in [0.5, 0.6) is 0 Å². The third kappa shape index (κ3) is 8.36. The highest BCUT2D eigenvalue weighted by Crippen LogP contribution is 2.32. The molecule has 0 saturated carbocycles. The summed E-state index contributed by atoms with van der Waals surface area (Å²) in [5.41, 5.74) is 1.77. The summed E-state index contributed by atoms with van der Waals surface area (Å²) >= 11 is 0. The Kier molecular flexibility index (Phi) is 11.1. The molecule has 8 nitrogen and oxygen atoms in total. The third-order valence-electron chi connectivity index (χ3n) is 5.18. The smallest absolute Gasteiger partial charge is 0.437 e. The second kappa shape index (κ2) is 14.1. The molecule has 1 aromatic carbocycles. The van der Waals surface area contributed by atoms with Crippen LogP contribution >= 0.6 is 0 Å². The summed E-state index contributed by atoms with van der Waals surface area (Å²) in [4.78, 5) is 25.8. The standard InChI is InChI=1S/C25H36N2O6/c1-5-6-7-8-9-10-11-15-18-31-25(29)33-23-20(3)26-19(2)22(32-24(28)30-4)27(23)21-16-13-12-14-17-21/h12-14,16-17,26H,5-11,15,18H2,1-4H3. The monoisotopic (exact) mass is 460 g/mol. The number of rotatable bonds is 12. The lowest BCUT2D eigenvalue weighted by Crippen LogP contribution is -2.37. The van der Waals surface area contributed by atoms with Crippen LogP contribution in [0.25, 0.3) is 0 Å². The van der Waals surface area contributed by atoms with Gasteiger partial charge in [0, 0.05) is 0 Å². The van der Waals surface area contributed by atoms with Crippen molar-refractivity contribution >= 4 is 18.0 Å². The number of hydrogen-bond donors (Lipinski definition) is 1. The highest BCUT2D eigenvalue weighted by molar-refractivity contribution is 5.68. The van der Waals surface area contributed by atoms with E-state index in [9.17, 15) is 9.59 Å². The van der Waals surface area contributed by atoms with Crippen molar-refractivity contribution in [1.29, 1.82) is 0 Å². The van der Waals surface area contributed by atoms with Crippen molar-refractivity contribution in [3.63, 3.8) is 0 Å². The van der Waals surface area contributed by atoms with Gasteiger partial charge in [0.25, 0.3) is 0 Å². The number of nitrogens with zero attached hydrogens (tertiary/aromatic N) is 1. The first-order valence-electron chi connectivity index (χ1n) is 11.6. The number of methoxy groups -OCH3 is 1. The Labute approximate surface area is 196 Å². The molecule has 0 spiro atoms. The molecule has 1 aromatic rings. The van der Waals surface area contributed by atoms with Gasteiger partial charge in [-0.15, -0.1) is 0 Å². The van der Waals surface area contributed by atoms with E-state index in [0.29, 0.717) is 23.7 Å². The molecule has 182 valence electrons. The molecule has 0 bridgehead atoms. The van der Waals surface area contributed by atoms with Crippen molar-refractivity contribution in [3.8, 4) is 0 Å². The average Bonchev–Trinajstić information content (AvgIpc) is 2.81. The van der Waals surface area contributed by atoms with Crippen LogP contribution < -0.4 is 10.2 Å². The SMILES string of the molecule is CCCCCCCCCCOC(=O)OC1=C(C)NC(C)=C(OC(=O)OC)N1c1ccccc1. The Hall–Kier alpha value is -3.16. The van der Waals surface area contributed by atoms with Gasteiger partial charge >= 0.3 is 12.3 Å². The molecule has 0 atom stereocenters. The lowest BCUT2D eigenvalue weighted by molar-refractivity contribution is 0.0689. The third-order valence-corrected chi connectivity index (χ3v) is 5.18. The second-order valence-corrected chi connectivity index (χ2v) is 7.89. The summed E-state index contributed by atoms with van der Waals surface area (Å²) in [6.45, 7) is 6.00. The minimum atomic E-state index is -0.886. The molecule has 1 N–H and O–H groups in total. The van der Waals surface area contributed by atoms with E-state index in [4.69, 9.17) is 14.2 Å². The van der Waals surface area contributed by atoms with Gasteiger partial charge in [-0.1, -0.05) is 70.1 Å². The number of unbranched alkanes of at least 4 members (excludes halogenated alkanes) is 7. The van der Waals surface area contributed by atoms with E-state index in [1.54, 1.807) is 13.8 Å². The van der Waals surface area contributed by atoms with Crippen molar-refractivity contribution in [2.45, 2.75) is 72.1 Å². The number of carbonyl (C=O) groups excluding carboxylic acids is 2. The molecule has 0 radical (unpaired) electrons. The van der Waals surface area contributed by atoms with Crippen LogP contribution in [0.3, 0.4) is 0 Å². The number of nitrogens with one attached hydrogen (secondary N) is 1. The molecular formula is C25H36N2O6. The van der Waals surface area contributed by atoms with Crippen molar-refractivity contribution in [2.75, 3.05) is 18.6 Å². The highest BCUT2D eigenvalue weighted by atomic mass is 16.7. The zero-order chi connectivity index (χ0) is 24.1. The Morgan fingerprint density at radius 2 is 1.36 bits per heavy atom. The molecular weight excluding hydrogens is 424 g/mol. The molecule has 0 aliphatic carbocycles. The largest absolute Gasteiger partial charge is 0.515 e. The maximum Gasteiger partial charge on any atom is 0.515 e. The van der Waals surface area contributed by atoms with E-state index in [2.05, 4.69) is 17.0 Å². The normalized spacial score (nSPS) is 13.5. The van der Waals surface area contributed by atoms with Gasteiger partial charge in [-0.05, 0) is 32.4 Å². The van der Waals surface area contributed by atoms with E-state index in [1.807, 2.05) is 30.3 Å². The molecule has 33 heavy (non-hydrogen) atoms. The number of carbonyl (C=O) groups is 2. The van der Waals surface area contributed by atoms with Crippen LogP contribution in [-0.2, 0) is 18.9 Å².